The lowest BCUT2D eigenvalue weighted by atomic mass is 10.2. The van der Waals surface area contributed by atoms with Crippen LogP contribution in [0.15, 0.2) is 18.2 Å². The Labute approximate surface area is 122 Å². The average molecular weight is 301 g/mol. The molecule has 0 saturated heterocycles. The van der Waals surface area contributed by atoms with Gasteiger partial charge in [-0.25, -0.2) is 4.79 Å². The van der Waals surface area contributed by atoms with Gasteiger partial charge in [0.15, 0.2) is 0 Å². The predicted molar refractivity (Wildman–Crippen MR) is 75.1 cm³/mol. The Hall–Kier alpha value is -1.95. The van der Waals surface area contributed by atoms with Gasteiger partial charge in [0.2, 0.25) is 0 Å². The molecule has 0 heterocycles. The molecule has 7 heteroatoms. The summed E-state index contributed by atoms with van der Waals surface area (Å²) in [5.74, 6) is -0.489. The zero-order chi connectivity index (χ0) is 15.1. The number of ether oxygens (including phenoxy) is 1. The Balaban J connectivity index is 2.71. The lowest BCUT2D eigenvalue weighted by Gasteiger charge is -2.20. The number of nitrogens with zero attached hydrogens (tertiary/aromatic N) is 1. The molecule has 1 aromatic carbocycles. The summed E-state index contributed by atoms with van der Waals surface area (Å²) in [6.07, 6.45) is 0. The fraction of sp³-hybridized carbons (Fsp3) is 0.385. The van der Waals surface area contributed by atoms with Gasteiger partial charge in [0, 0.05) is 23.7 Å². The molecule has 0 unspecified atom stereocenters. The first-order chi connectivity index (χ1) is 9.49. The van der Waals surface area contributed by atoms with Crippen LogP contribution in [0, 0.1) is 0 Å². The van der Waals surface area contributed by atoms with E-state index in [9.17, 15) is 9.59 Å². The first kappa shape index (κ1) is 16.1. The van der Waals surface area contributed by atoms with Crippen LogP contribution in [0.3, 0.4) is 0 Å². The molecule has 1 rings (SSSR count). The van der Waals surface area contributed by atoms with E-state index >= 15 is 0 Å². The number of urea groups is 1. The number of nitrogens with one attached hydrogen (secondary N) is 1. The maximum atomic E-state index is 11.9. The predicted octanol–water partition coefficient (Wildman–Crippen LogP) is 1.96. The standard InChI is InChI=1S/C13H17ClN2O4/c1-3-16(8-12(17)18)13(19)15-7-9-10(14)5-4-6-11(9)20-2/h4-6H,3,7-8H2,1-2H3,(H,15,19)(H,17,18). The molecule has 0 radical (unpaired) electrons. The summed E-state index contributed by atoms with van der Waals surface area (Å²) < 4.78 is 5.17. The zero-order valence-corrected chi connectivity index (χ0v) is 12.1. The highest BCUT2D eigenvalue weighted by atomic mass is 35.5. The molecule has 6 nitrogen and oxygen atoms in total. The van der Waals surface area contributed by atoms with Crippen LogP contribution in [-0.2, 0) is 11.3 Å². The Morgan fingerprint density at radius 3 is 2.70 bits per heavy atom. The van der Waals surface area contributed by atoms with Crippen LogP contribution in [0.2, 0.25) is 5.02 Å². The molecule has 1 aromatic rings. The number of carbonyl (C=O) groups excluding carboxylic acids is 1. The van der Waals surface area contributed by atoms with Gasteiger partial charge in [-0.05, 0) is 19.1 Å². The molecule has 0 saturated carbocycles. The minimum absolute atomic E-state index is 0.164. The van der Waals surface area contributed by atoms with E-state index in [1.54, 1.807) is 25.1 Å². The number of rotatable bonds is 6. The molecule has 0 aliphatic carbocycles. The fourth-order valence-electron chi connectivity index (χ4n) is 1.67. The lowest BCUT2D eigenvalue weighted by Crippen LogP contribution is -2.42. The Morgan fingerprint density at radius 1 is 1.45 bits per heavy atom. The van der Waals surface area contributed by atoms with Crippen LogP contribution < -0.4 is 10.1 Å². The number of amides is 2. The molecule has 2 amide bonds. The number of methoxy groups -OCH3 is 1. The minimum Gasteiger partial charge on any atom is -0.496 e. The van der Waals surface area contributed by atoms with Gasteiger partial charge < -0.3 is 20.1 Å². The van der Waals surface area contributed by atoms with Gasteiger partial charge >= 0.3 is 12.0 Å². The first-order valence-electron chi connectivity index (χ1n) is 6.05. The third kappa shape index (κ3) is 4.31. The van der Waals surface area contributed by atoms with E-state index in [2.05, 4.69) is 5.32 Å². The second kappa shape index (κ2) is 7.59. The molecule has 110 valence electrons. The van der Waals surface area contributed by atoms with Gasteiger partial charge in [0.25, 0.3) is 0 Å². The van der Waals surface area contributed by atoms with Gasteiger partial charge in [0.05, 0.1) is 7.11 Å². The van der Waals surface area contributed by atoms with E-state index in [-0.39, 0.29) is 13.1 Å². The van der Waals surface area contributed by atoms with Crippen LogP contribution >= 0.6 is 11.6 Å². The van der Waals surface area contributed by atoms with Crippen molar-refractivity contribution in [3.05, 3.63) is 28.8 Å². The van der Waals surface area contributed by atoms with Crippen LogP contribution in [0.25, 0.3) is 0 Å². The monoisotopic (exact) mass is 300 g/mol. The molecule has 0 aliphatic rings. The number of carboxylic acid groups (broad SMARTS) is 1. The zero-order valence-electron chi connectivity index (χ0n) is 11.4. The maximum absolute atomic E-state index is 11.9. The van der Waals surface area contributed by atoms with Crippen molar-refractivity contribution < 1.29 is 19.4 Å². The molecule has 2 N–H and O–H groups in total. The number of halogens is 1. The van der Waals surface area contributed by atoms with E-state index in [1.165, 1.54) is 12.0 Å². The first-order valence-corrected chi connectivity index (χ1v) is 6.43. The molecule has 0 aromatic heterocycles. The van der Waals surface area contributed by atoms with Crippen molar-refractivity contribution in [2.45, 2.75) is 13.5 Å². The van der Waals surface area contributed by atoms with Gasteiger partial charge in [0.1, 0.15) is 12.3 Å². The van der Waals surface area contributed by atoms with Crippen molar-refractivity contribution in [3.63, 3.8) is 0 Å². The van der Waals surface area contributed by atoms with Crippen molar-refractivity contribution >= 4 is 23.6 Å². The van der Waals surface area contributed by atoms with Crippen molar-refractivity contribution in [2.75, 3.05) is 20.2 Å². The molecule has 0 fully saturated rings. The smallest absolute Gasteiger partial charge is 0.323 e. The normalized spacial score (nSPS) is 9.95. The second-order valence-corrected chi connectivity index (χ2v) is 4.39. The maximum Gasteiger partial charge on any atom is 0.323 e. The third-order valence-corrected chi connectivity index (χ3v) is 3.06. The summed E-state index contributed by atoms with van der Waals surface area (Å²) in [5.41, 5.74) is 0.649. The fourth-order valence-corrected chi connectivity index (χ4v) is 1.90. The number of hydrogen-bond donors (Lipinski definition) is 2. The molecule has 0 bridgehead atoms. The number of likely N-dealkylation sites (N-methyl/N-ethyl adjacent to an activating group) is 1. The molecule has 0 atom stereocenters. The van der Waals surface area contributed by atoms with Crippen molar-refractivity contribution in [2.24, 2.45) is 0 Å². The summed E-state index contributed by atoms with van der Waals surface area (Å²) in [6, 6.07) is 4.72. The highest BCUT2D eigenvalue weighted by molar-refractivity contribution is 6.31. The van der Waals surface area contributed by atoms with E-state index in [0.717, 1.165) is 0 Å². The molecule has 20 heavy (non-hydrogen) atoms. The summed E-state index contributed by atoms with van der Waals surface area (Å²) in [7, 11) is 1.51. The van der Waals surface area contributed by atoms with E-state index in [0.29, 0.717) is 22.9 Å². The number of benzene rings is 1. The largest absolute Gasteiger partial charge is 0.496 e. The van der Waals surface area contributed by atoms with Crippen molar-refractivity contribution in [3.8, 4) is 5.75 Å². The quantitative estimate of drug-likeness (QED) is 0.842. The summed E-state index contributed by atoms with van der Waals surface area (Å²) in [6.45, 7) is 1.83. The SMILES string of the molecule is CCN(CC(=O)O)C(=O)NCc1c(Cl)cccc1OC. The van der Waals surface area contributed by atoms with Gasteiger partial charge in [-0.1, -0.05) is 17.7 Å². The van der Waals surface area contributed by atoms with E-state index in [4.69, 9.17) is 21.4 Å². The summed E-state index contributed by atoms with van der Waals surface area (Å²) >= 11 is 6.05. The number of aliphatic carboxylic acids is 1. The summed E-state index contributed by atoms with van der Waals surface area (Å²) in [4.78, 5) is 23.7. The van der Waals surface area contributed by atoms with Crippen molar-refractivity contribution in [1.82, 2.24) is 10.2 Å². The lowest BCUT2D eigenvalue weighted by molar-refractivity contribution is -0.137. The Morgan fingerprint density at radius 2 is 2.15 bits per heavy atom. The Bertz CT molecular complexity index is 493. The molecule has 0 aliphatic heterocycles. The Kier molecular flexibility index (Phi) is 6.11. The molecular weight excluding hydrogens is 284 g/mol. The number of carbonyl (C=O) groups is 2. The van der Waals surface area contributed by atoms with Crippen LogP contribution in [0.4, 0.5) is 4.79 Å². The topological polar surface area (TPSA) is 78.9 Å². The van der Waals surface area contributed by atoms with E-state index in [1.807, 2.05) is 0 Å². The van der Waals surface area contributed by atoms with E-state index < -0.39 is 12.0 Å². The van der Waals surface area contributed by atoms with Crippen molar-refractivity contribution in [1.29, 1.82) is 0 Å². The molecular formula is C13H17ClN2O4. The number of hydrogen-bond acceptors (Lipinski definition) is 3. The van der Waals surface area contributed by atoms with Gasteiger partial charge in [-0.2, -0.15) is 0 Å². The van der Waals surface area contributed by atoms with Gasteiger partial charge in [-0.15, -0.1) is 0 Å². The summed E-state index contributed by atoms with van der Waals surface area (Å²) in [5, 5.41) is 11.8. The highest BCUT2D eigenvalue weighted by Crippen LogP contribution is 2.25. The second-order valence-electron chi connectivity index (χ2n) is 3.99. The third-order valence-electron chi connectivity index (χ3n) is 2.71. The van der Waals surface area contributed by atoms with Crippen LogP contribution in [-0.4, -0.2) is 42.2 Å². The highest BCUT2D eigenvalue weighted by Gasteiger charge is 2.16. The average Bonchev–Trinajstić information content (AvgIpc) is 2.42. The minimum atomic E-state index is -1.06. The van der Waals surface area contributed by atoms with Crippen LogP contribution in [0.1, 0.15) is 12.5 Å². The molecule has 0 spiro atoms. The number of carboxylic acids is 1. The van der Waals surface area contributed by atoms with Crippen LogP contribution in [0.5, 0.6) is 5.75 Å². The van der Waals surface area contributed by atoms with Gasteiger partial charge in [-0.3, -0.25) is 4.79 Å².